The Balaban J connectivity index is 5.93. The quantitative estimate of drug-likeness (QED) is 0.566. The lowest BCUT2D eigenvalue weighted by Crippen LogP contribution is -2.55. The highest BCUT2D eigenvalue weighted by Gasteiger charge is 2.57. The highest BCUT2D eigenvalue weighted by Crippen LogP contribution is 2.60. The summed E-state index contributed by atoms with van der Waals surface area (Å²) in [7, 11) is -4.70. The first-order chi connectivity index (χ1) is 8.03. The first-order valence-corrected chi connectivity index (χ1v) is 10.6. The van der Waals surface area contributed by atoms with Crippen LogP contribution in [0.1, 0.15) is 62.3 Å². The maximum atomic E-state index is 9.46. The molecular weight excluding hydrogens is 275 g/mol. The lowest BCUT2D eigenvalue weighted by molar-refractivity contribution is 0.196. The molecule has 0 aromatic carbocycles. The summed E-state index contributed by atoms with van der Waals surface area (Å²) in [4.78, 5) is 18.9. The second kappa shape index (κ2) is 5.73. The normalized spacial score (nSPS) is 18.0. The highest BCUT2D eigenvalue weighted by molar-refractivity contribution is 7.41. The molecule has 0 aromatic heterocycles. The van der Waals surface area contributed by atoms with Gasteiger partial charge >= 0.3 is 8.60 Å². The fourth-order valence-electron chi connectivity index (χ4n) is 3.74. The van der Waals surface area contributed by atoms with Gasteiger partial charge in [-0.1, -0.05) is 62.3 Å². The van der Waals surface area contributed by atoms with Crippen LogP contribution in [0, 0.1) is 10.8 Å². The Morgan fingerprint density at radius 2 is 1.16 bits per heavy atom. The van der Waals surface area contributed by atoms with Gasteiger partial charge in [0.1, 0.15) is 0 Å². The lowest BCUT2D eigenvalue weighted by Gasteiger charge is -2.54. The van der Waals surface area contributed by atoms with Crippen LogP contribution in [0.25, 0.3) is 0 Å². The predicted molar refractivity (Wildman–Crippen MR) is 86.4 cm³/mol. The molecule has 2 N–H and O–H groups in total. The smallest absolute Gasteiger partial charge is 0.316 e. The Bertz CT molecular complexity index is 285. The molecule has 0 radical (unpaired) electrons. The second-order valence-corrected chi connectivity index (χ2v) is 14.4. The topological polar surface area (TPSA) is 49.7 Å². The summed E-state index contributed by atoms with van der Waals surface area (Å²) < 4.78 is 5.83. The van der Waals surface area contributed by atoms with E-state index in [1.54, 1.807) is 0 Å². The van der Waals surface area contributed by atoms with Gasteiger partial charge in [-0.05, 0) is 28.0 Å². The van der Waals surface area contributed by atoms with Gasteiger partial charge in [-0.15, -0.1) is 0 Å². The molecule has 0 heterocycles. The fraction of sp³-hybridized carbons (Fsp3) is 1.00. The van der Waals surface area contributed by atoms with Gasteiger partial charge in [-0.2, -0.15) is 0 Å². The van der Waals surface area contributed by atoms with Crippen molar-refractivity contribution in [1.82, 2.24) is 0 Å². The summed E-state index contributed by atoms with van der Waals surface area (Å²) in [5, 5.41) is -0.0652. The average molecular weight is 308 g/mol. The molecule has 0 spiro atoms. The average Bonchev–Trinajstić information content (AvgIpc) is 1.91. The number of hydrogen-bond acceptors (Lipinski definition) is 3. The molecule has 0 bridgehead atoms. The van der Waals surface area contributed by atoms with E-state index in [1.165, 1.54) is 0 Å². The molecule has 0 rings (SSSR count). The third kappa shape index (κ3) is 4.78. The van der Waals surface area contributed by atoms with Crippen LogP contribution in [0.2, 0.25) is 17.1 Å². The van der Waals surface area contributed by atoms with Crippen LogP contribution in [-0.4, -0.2) is 18.1 Å². The molecule has 1 unspecified atom stereocenters. The Kier molecular flexibility index (Phi) is 5.88. The molecule has 0 aromatic rings. The maximum absolute atomic E-state index is 9.46. The maximum Gasteiger partial charge on any atom is 0.316 e. The van der Waals surface area contributed by atoms with Gasteiger partial charge in [0.2, 0.25) is 8.32 Å². The van der Waals surface area contributed by atoms with E-state index in [9.17, 15) is 9.79 Å². The fourth-order valence-corrected chi connectivity index (χ4v) is 10.8. The van der Waals surface area contributed by atoms with Gasteiger partial charge in [0, 0.05) is 0 Å². The third-order valence-electron chi connectivity index (χ3n) is 4.04. The largest absolute Gasteiger partial charge is 0.353 e. The molecule has 0 saturated heterocycles. The van der Waals surface area contributed by atoms with Crippen LogP contribution in [0.3, 0.4) is 0 Å². The number of rotatable bonds is 3. The van der Waals surface area contributed by atoms with Gasteiger partial charge in [0.05, 0.1) is 0 Å². The van der Waals surface area contributed by atoms with Crippen molar-refractivity contribution in [1.29, 1.82) is 0 Å². The van der Waals surface area contributed by atoms with Crippen LogP contribution in [0.4, 0.5) is 0 Å². The van der Waals surface area contributed by atoms with Gasteiger partial charge in [0.15, 0.2) is 0 Å². The van der Waals surface area contributed by atoms with E-state index in [0.29, 0.717) is 5.54 Å². The first-order valence-electron chi connectivity index (χ1n) is 6.90. The molecule has 3 nitrogen and oxygen atoms in total. The van der Waals surface area contributed by atoms with E-state index in [2.05, 4.69) is 68.9 Å². The molecule has 0 aliphatic carbocycles. The van der Waals surface area contributed by atoms with Crippen LogP contribution < -0.4 is 0 Å². The lowest BCUT2D eigenvalue weighted by atomic mass is 9.76. The van der Waals surface area contributed by atoms with Crippen molar-refractivity contribution in [3.05, 3.63) is 0 Å². The predicted octanol–water partition coefficient (Wildman–Crippen LogP) is 5.05. The van der Waals surface area contributed by atoms with Gasteiger partial charge in [0.25, 0.3) is 0 Å². The molecule has 0 fully saturated rings. The van der Waals surface area contributed by atoms with Crippen LogP contribution >= 0.6 is 8.60 Å². The molecule has 0 saturated carbocycles. The van der Waals surface area contributed by atoms with Gasteiger partial charge in [-0.3, -0.25) is 0 Å². The van der Waals surface area contributed by atoms with Gasteiger partial charge in [-0.25, -0.2) is 0 Å². The molecule has 5 heteroatoms. The molecule has 116 valence electrons. The minimum Gasteiger partial charge on any atom is -0.353 e. The highest BCUT2D eigenvalue weighted by atomic mass is 31.2. The zero-order chi connectivity index (χ0) is 15.9. The molecule has 1 atom stereocenters. The SMILES string of the molecule is CC(C)(C)C(C(C)(C)C)[Si](C)(OP(O)O)C(C)(C)C. The molecular formula is C14H33O3PSi. The summed E-state index contributed by atoms with van der Waals surface area (Å²) in [6.07, 6.45) is 0. The van der Waals surface area contributed by atoms with Crippen molar-refractivity contribution in [2.24, 2.45) is 10.8 Å². The van der Waals surface area contributed by atoms with Crippen LogP contribution in [0.15, 0.2) is 0 Å². The zero-order valence-corrected chi connectivity index (χ0v) is 16.2. The van der Waals surface area contributed by atoms with Crippen molar-refractivity contribution in [2.45, 2.75) is 79.4 Å². The molecule has 0 aliphatic rings. The number of hydrogen-bond donors (Lipinski definition) is 2. The summed E-state index contributed by atoms with van der Waals surface area (Å²) >= 11 is 0. The van der Waals surface area contributed by atoms with Crippen molar-refractivity contribution in [3.8, 4) is 0 Å². The minimum atomic E-state index is -2.39. The Morgan fingerprint density at radius 1 is 0.842 bits per heavy atom. The monoisotopic (exact) mass is 308 g/mol. The molecule has 0 aliphatic heterocycles. The molecule has 0 amide bonds. The Morgan fingerprint density at radius 3 is 1.32 bits per heavy atom. The van der Waals surface area contributed by atoms with Crippen molar-refractivity contribution in [3.63, 3.8) is 0 Å². The summed E-state index contributed by atoms with van der Waals surface area (Å²) in [6.45, 7) is 21.9. The van der Waals surface area contributed by atoms with E-state index < -0.39 is 16.9 Å². The van der Waals surface area contributed by atoms with Crippen LogP contribution in [0.5, 0.6) is 0 Å². The van der Waals surface area contributed by atoms with Crippen molar-refractivity contribution >= 4 is 16.9 Å². The zero-order valence-electron chi connectivity index (χ0n) is 14.3. The second-order valence-electron chi connectivity index (χ2n) is 8.87. The van der Waals surface area contributed by atoms with E-state index in [0.717, 1.165) is 0 Å². The third-order valence-corrected chi connectivity index (χ3v) is 12.0. The van der Waals surface area contributed by atoms with E-state index in [-0.39, 0.29) is 15.9 Å². The first kappa shape index (κ1) is 19.5. The van der Waals surface area contributed by atoms with E-state index in [4.69, 9.17) is 4.21 Å². The summed E-state index contributed by atoms with van der Waals surface area (Å²) in [5.41, 5.74) is 0.409. The Hall–Kier alpha value is 0.527. The summed E-state index contributed by atoms with van der Waals surface area (Å²) in [6, 6.07) is 0. The summed E-state index contributed by atoms with van der Waals surface area (Å²) in [5.74, 6) is 0. The van der Waals surface area contributed by atoms with Gasteiger partial charge < -0.3 is 14.0 Å². The van der Waals surface area contributed by atoms with E-state index in [1.807, 2.05) is 0 Å². The van der Waals surface area contributed by atoms with Crippen molar-refractivity contribution < 1.29 is 14.0 Å². The standard InChI is InChI=1S/C14H33O3PSi/c1-12(2,3)11(13(4,5)6)19(10,14(7,8)9)17-18(15)16/h11,15-16H,1-10H3. The molecule has 19 heavy (non-hydrogen) atoms. The van der Waals surface area contributed by atoms with Crippen LogP contribution in [-0.2, 0) is 4.21 Å². The Labute approximate surface area is 121 Å². The van der Waals surface area contributed by atoms with Crippen molar-refractivity contribution in [2.75, 3.05) is 0 Å². The van der Waals surface area contributed by atoms with E-state index >= 15 is 0 Å². The minimum absolute atomic E-state index is 0.0534.